The molecule has 3 heterocycles. The molecule has 0 aliphatic carbocycles. The fraction of sp³-hybridized carbons (Fsp3) is 0.227. The van der Waals surface area contributed by atoms with Gasteiger partial charge in [0.2, 0.25) is 0 Å². The monoisotopic (exact) mass is 513 g/mol. The van der Waals surface area contributed by atoms with Gasteiger partial charge in [0.25, 0.3) is 5.91 Å². The maximum atomic E-state index is 13.0. The van der Waals surface area contributed by atoms with E-state index in [9.17, 15) is 4.79 Å². The Labute approximate surface area is 209 Å². The summed E-state index contributed by atoms with van der Waals surface area (Å²) in [6.07, 6.45) is 3.14. The Morgan fingerprint density at radius 1 is 1.21 bits per heavy atom. The van der Waals surface area contributed by atoms with Gasteiger partial charge in [0.1, 0.15) is 29.4 Å². The molecule has 0 aliphatic heterocycles. The van der Waals surface area contributed by atoms with Crippen molar-refractivity contribution in [3.63, 3.8) is 0 Å². The number of pyridine rings is 1. The first-order valence-electron chi connectivity index (χ1n) is 10.5. The predicted molar refractivity (Wildman–Crippen MR) is 134 cm³/mol. The first kappa shape index (κ1) is 24.2. The fourth-order valence-corrected chi connectivity index (χ4v) is 4.82. The quantitative estimate of drug-likeness (QED) is 0.299. The lowest BCUT2D eigenvalue weighted by Gasteiger charge is -2.14. The number of aromatic nitrogens is 5. The molecule has 34 heavy (non-hydrogen) atoms. The van der Waals surface area contributed by atoms with E-state index in [0.717, 1.165) is 28.6 Å². The number of nitrogens with one attached hydrogen (secondary N) is 2. The fourth-order valence-electron chi connectivity index (χ4n) is 2.72. The zero-order valence-corrected chi connectivity index (χ0v) is 21.0. The van der Waals surface area contributed by atoms with Gasteiger partial charge in [-0.05, 0) is 61.8 Å². The lowest BCUT2D eigenvalue weighted by molar-refractivity contribution is 0.101. The van der Waals surface area contributed by atoms with Crippen LogP contribution in [0.3, 0.4) is 0 Å². The number of benzene rings is 1. The minimum atomic E-state index is -0.322. The third kappa shape index (κ3) is 6.79. The summed E-state index contributed by atoms with van der Waals surface area (Å²) in [6, 6.07) is 11.6. The number of likely N-dealkylation sites (N-methyl/N-ethyl adjacent to an activating group) is 1. The third-order valence-corrected chi connectivity index (χ3v) is 7.20. The SMILES string of the molecule is CCN(C)CCOc1ccc(Sc2ccc(Sc3nnc[nH]3)nc2C(=O)Nc2nccs2)cc1. The molecule has 0 fully saturated rings. The number of ether oxygens (including phenoxy) is 1. The first-order chi connectivity index (χ1) is 16.6. The average Bonchev–Trinajstić information content (AvgIpc) is 3.55. The van der Waals surface area contributed by atoms with Crippen molar-refractivity contribution in [1.82, 2.24) is 30.0 Å². The molecule has 4 aromatic rings. The first-order valence-corrected chi connectivity index (χ1v) is 13.0. The van der Waals surface area contributed by atoms with Gasteiger partial charge in [-0.3, -0.25) is 10.1 Å². The Morgan fingerprint density at radius 3 is 2.76 bits per heavy atom. The number of anilines is 1. The summed E-state index contributed by atoms with van der Waals surface area (Å²) < 4.78 is 5.82. The third-order valence-electron chi connectivity index (χ3n) is 4.63. The highest BCUT2D eigenvalue weighted by Gasteiger charge is 2.18. The van der Waals surface area contributed by atoms with E-state index in [1.165, 1.54) is 41.2 Å². The maximum Gasteiger partial charge on any atom is 0.277 e. The van der Waals surface area contributed by atoms with Crippen LogP contribution < -0.4 is 10.1 Å². The summed E-state index contributed by atoms with van der Waals surface area (Å²) in [5.41, 5.74) is 0.313. The normalized spacial score (nSPS) is 11.0. The largest absolute Gasteiger partial charge is 0.492 e. The van der Waals surface area contributed by atoms with Gasteiger partial charge < -0.3 is 14.6 Å². The number of aromatic amines is 1. The van der Waals surface area contributed by atoms with Crippen molar-refractivity contribution in [2.45, 2.75) is 26.9 Å². The number of rotatable bonds is 11. The number of hydrogen-bond donors (Lipinski definition) is 2. The van der Waals surface area contributed by atoms with Gasteiger partial charge in [-0.15, -0.1) is 21.5 Å². The van der Waals surface area contributed by atoms with Crippen molar-refractivity contribution in [2.75, 3.05) is 32.1 Å². The van der Waals surface area contributed by atoms with Crippen LogP contribution in [0, 0.1) is 0 Å². The summed E-state index contributed by atoms with van der Waals surface area (Å²) in [6.45, 7) is 4.60. The number of carbonyl (C=O) groups is 1. The molecule has 176 valence electrons. The van der Waals surface area contributed by atoms with E-state index in [2.05, 4.69) is 49.3 Å². The Morgan fingerprint density at radius 2 is 2.06 bits per heavy atom. The van der Waals surface area contributed by atoms with E-state index in [1.54, 1.807) is 11.6 Å². The molecule has 12 heteroatoms. The van der Waals surface area contributed by atoms with Crippen molar-refractivity contribution in [2.24, 2.45) is 0 Å². The van der Waals surface area contributed by atoms with Gasteiger partial charge in [0.15, 0.2) is 10.3 Å². The van der Waals surface area contributed by atoms with Crippen molar-refractivity contribution < 1.29 is 9.53 Å². The van der Waals surface area contributed by atoms with Crippen LogP contribution in [-0.4, -0.2) is 62.7 Å². The summed E-state index contributed by atoms with van der Waals surface area (Å²) in [7, 11) is 2.06. The minimum absolute atomic E-state index is 0.313. The minimum Gasteiger partial charge on any atom is -0.492 e. The Balaban J connectivity index is 1.49. The molecule has 0 atom stereocenters. The highest BCUT2D eigenvalue weighted by molar-refractivity contribution is 7.99. The second-order valence-corrected chi connectivity index (χ2v) is 10.0. The lowest BCUT2D eigenvalue weighted by atomic mass is 10.3. The molecule has 0 saturated heterocycles. The standard InChI is InChI=1S/C22H23N7O2S3/c1-3-29(2)11-12-31-15-4-6-16(7-5-15)33-17-8-9-18(34-22-24-14-25-28-22)26-19(17)20(30)27-21-23-10-13-32-21/h4-10,13-14H,3,11-12H2,1-2H3,(H,23,27,30)(H,24,25,28). The van der Waals surface area contributed by atoms with E-state index in [-0.39, 0.29) is 5.91 Å². The van der Waals surface area contributed by atoms with Crippen LogP contribution in [0.1, 0.15) is 17.4 Å². The molecule has 0 bridgehead atoms. The van der Waals surface area contributed by atoms with Gasteiger partial charge >= 0.3 is 0 Å². The summed E-state index contributed by atoms with van der Waals surface area (Å²) >= 11 is 4.11. The summed E-state index contributed by atoms with van der Waals surface area (Å²) in [5.74, 6) is 0.491. The Hall–Kier alpha value is -2.93. The van der Waals surface area contributed by atoms with E-state index < -0.39 is 0 Å². The number of thiazole rings is 1. The number of amides is 1. The van der Waals surface area contributed by atoms with Gasteiger partial charge in [-0.2, -0.15) is 0 Å². The van der Waals surface area contributed by atoms with Gasteiger partial charge in [-0.25, -0.2) is 9.97 Å². The summed E-state index contributed by atoms with van der Waals surface area (Å²) in [4.78, 5) is 28.6. The highest BCUT2D eigenvalue weighted by Crippen LogP contribution is 2.33. The maximum absolute atomic E-state index is 13.0. The van der Waals surface area contributed by atoms with Crippen LogP contribution in [0.5, 0.6) is 5.75 Å². The second-order valence-electron chi connectivity index (χ2n) is 7.00. The van der Waals surface area contributed by atoms with Crippen molar-refractivity contribution in [3.05, 3.63) is 60.0 Å². The zero-order valence-electron chi connectivity index (χ0n) is 18.6. The summed E-state index contributed by atoms with van der Waals surface area (Å²) in [5, 5.41) is 14.1. The van der Waals surface area contributed by atoms with Gasteiger partial charge in [-0.1, -0.05) is 18.7 Å². The van der Waals surface area contributed by atoms with Gasteiger partial charge in [0, 0.05) is 27.9 Å². The van der Waals surface area contributed by atoms with Crippen LogP contribution in [0.25, 0.3) is 0 Å². The van der Waals surface area contributed by atoms with E-state index in [0.29, 0.717) is 27.6 Å². The number of carbonyl (C=O) groups excluding carboxylic acids is 1. The van der Waals surface area contributed by atoms with E-state index in [1.807, 2.05) is 36.4 Å². The van der Waals surface area contributed by atoms with E-state index >= 15 is 0 Å². The average molecular weight is 514 g/mol. The number of nitrogens with zero attached hydrogens (tertiary/aromatic N) is 5. The highest BCUT2D eigenvalue weighted by atomic mass is 32.2. The van der Waals surface area contributed by atoms with Crippen LogP contribution >= 0.6 is 34.9 Å². The molecule has 2 N–H and O–H groups in total. The topological polar surface area (TPSA) is 109 Å². The Kier molecular flexibility index (Phi) is 8.52. The number of hydrogen-bond acceptors (Lipinski definition) is 10. The molecule has 0 spiro atoms. The molecular formula is C22H23N7O2S3. The van der Waals surface area contributed by atoms with Crippen LogP contribution in [0.2, 0.25) is 0 Å². The Bertz CT molecular complexity index is 1190. The smallest absolute Gasteiger partial charge is 0.277 e. The van der Waals surface area contributed by atoms with Gasteiger partial charge in [0.05, 0.1) is 0 Å². The second kappa shape index (κ2) is 12.0. The van der Waals surface area contributed by atoms with Crippen LogP contribution in [0.15, 0.2) is 74.3 Å². The molecule has 0 radical (unpaired) electrons. The predicted octanol–water partition coefficient (Wildman–Crippen LogP) is 4.54. The molecule has 0 saturated carbocycles. The van der Waals surface area contributed by atoms with Crippen LogP contribution in [-0.2, 0) is 0 Å². The molecular weight excluding hydrogens is 490 g/mol. The molecule has 9 nitrogen and oxygen atoms in total. The number of H-pyrrole nitrogens is 1. The lowest BCUT2D eigenvalue weighted by Crippen LogP contribution is -2.23. The van der Waals surface area contributed by atoms with Crippen molar-refractivity contribution >= 4 is 45.9 Å². The molecule has 1 amide bonds. The molecule has 0 unspecified atom stereocenters. The molecule has 1 aromatic carbocycles. The molecule has 4 rings (SSSR count). The van der Waals surface area contributed by atoms with Crippen LogP contribution in [0.4, 0.5) is 5.13 Å². The zero-order chi connectivity index (χ0) is 23.8. The van der Waals surface area contributed by atoms with Crippen molar-refractivity contribution in [3.8, 4) is 5.75 Å². The van der Waals surface area contributed by atoms with E-state index in [4.69, 9.17) is 4.74 Å². The molecule has 0 aliphatic rings. The molecule has 3 aromatic heterocycles. The van der Waals surface area contributed by atoms with Crippen molar-refractivity contribution in [1.29, 1.82) is 0 Å².